The highest BCUT2D eigenvalue weighted by molar-refractivity contribution is 7.99. The lowest BCUT2D eigenvalue weighted by atomic mass is 10.2. The van der Waals surface area contributed by atoms with Gasteiger partial charge < -0.3 is 10.2 Å². The number of hydrogen-bond donors (Lipinski definition) is 1. The first-order valence-corrected chi connectivity index (χ1v) is 10.8. The number of aromatic nitrogens is 2. The van der Waals surface area contributed by atoms with Gasteiger partial charge in [0.25, 0.3) is 0 Å². The van der Waals surface area contributed by atoms with E-state index in [-0.39, 0.29) is 0 Å². The van der Waals surface area contributed by atoms with Crippen molar-refractivity contribution in [3.8, 4) is 0 Å². The van der Waals surface area contributed by atoms with Gasteiger partial charge in [-0.2, -0.15) is 5.10 Å². The molecule has 2 heterocycles. The molecule has 1 aromatic carbocycles. The minimum absolute atomic E-state index is 0.725. The van der Waals surface area contributed by atoms with Gasteiger partial charge in [0, 0.05) is 49.6 Å². The fourth-order valence-corrected chi connectivity index (χ4v) is 4.60. The first-order chi connectivity index (χ1) is 13.2. The van der Waals surface area contributed by atoms with E-state index in [0.717, 1.165) is 50.2 Å². The van der Waals surface area contributed by atoms with E-state index in [4.69, 9.17) is 0 Å². The first kappa shape index (κ1) is 19.8. The quantitative estimate of drug-likeness (QED) is 0.342. The molecule has 0 saturated carbocycles. The van der Waals surface area contributed by atoms with Crippen LogP contribution in [0.1, 0.15) is 24.2 Å². The van der Waals surface area contributed by atoms with Gasteiger partial charge in [-0.1, -0.05) is 18.2 Å². The molecule has 0 aliphatic carbocycles. The van der Waals surface area contributed by atoms with Crippen molar-refractivity contribution in [2.24, 2.45) is 10.9 Å². The molecule has 0 bridgehead atoms. The largest absolute Gasteiger partial charge is 0.356 e. The number of rotatable bonds is 7. The Balaban J connectivity index is 1.38. The summed E-state index contributed by atoms with van der Waals surface area (Å²) in [6.45, 7) is 8.22. The number of guanidine groups is 1. The van der Waals surface area contributed by atoms with Gasteiger partial charge in [0.2, 0.25) is 0 Å². The molecule has 1 aliphatic rings. The lowest BCUT2D eigenvalue weighted by Gasteiger charge is -2.21. The topological polar surface area (TPSA) is 45.5 Å². The summed E-state index contributed by atoms with van der Waals surface area (Å²) in [4.78, 5) is 8.26. The van der Waals surface area contributed by atoms with E-state index in [1.165, 1.54) is 22.8 Å². The van der Waals surface area contributed by atoms with Crippen molar-refractivity contribution in [2.45, 2.75) is 38.1 Å². The van der Waals surface area contributed by atoms with Gasteiger partial charge in [0.15, 0.2) is 5.96 Å². The third-order valence-corrected chi connectivity index (χ3v) is 6.20. The van der Waals surface area contributed by atoms with Gasteiger partial charge in [-0.3, -0.25) is 9.67 Å². The van der Waals surface area contributed by atoms with Gasteiger partial charge in [-0.05, 0) is 50.8 Å². The average molecular weight is 386 g/mol. The maximum Gasteiger partial charge on any atom is 0.193 e. The smallest absolute Gasteiger partial charge is 0.193 e. The molecular formula is C21H31N5S. The number of thioether (sulfide) groups is 1. The molecule has 5 nitrogen and oxygen atoms in total. The second-order valence-electron chi connectivity index (χ2n) is 7.20. The number of nitrogens with zero attached hydrogens (tertiary/aromatic N) is 4. The fraction of sp³-hybridized carbons (Fsp3) is 0.524. The van der Waals surface area contributed by atoms with E-state index in [0.29, 0.717) is 0 Å². The number of aryl methyl sites for hydroxylation is 3. The Hall–Kier alpha value is -1.95. The molecule has 1 atom stereocenters. The zero-order valence-electron chi connectivity index (χ0n) is 16.7. The van der Waals surface area contributed by atoms with Crippen LogP contribution >= 0.6 is 11.8 Å². The van der Waals surface area contributed by atoms with Crippen molar-refractivity contribution >= 4 is 17.7 Å². The van der Waals surface area contributed by atoms with Crippen LogP contribution in [-0.2, 0) is 6.54 Å². The van der Waals surface area contributed by atoms with Crippen molar-refractivity contribution in [1.29, 1.82) is 0 Å². The van der Waals surface area contributed by atoms with E-state index in [1.54, 1.807) is 0 Å². The molecule has 1 aliphatic heterocycles. The monoisotopic (exact) mass is 385 g/mol. The van der Waals surface area contributed by atoms with E-state index < -0.39 is 0 Å². The summed E-state index contributed by atoms with van der Waals surface area (Å²) in [6.07, 6.45) is 2.29. The van der Waals surface area contributed by atoms with E-state index in [9.17, 15) is 0 Å². The summed E-state index contributed by atoms with van der Waals surface area (Å²) >= 11 is 1.96. The van der Waals surface area contributed by atoms with Crippen molar-refractivity contribution < 1.29 is 0 Å². The van der Waals surface area contributed by atoms with Gasteiger partial charge in [0.1, 0.15) is 0 Å². The molecule has 0 radical (unpaired) electrons. The fourth-order valence-electron chi connectivity index (χ4n) is 3.55. The zero-order chi connectivity index (χ0) is 19.1. The molecule has 27 heavy (non-hydrogen) atoms. The number of aliphatic imine (C=N–C) groups is 1. The molecular weight excluding hydrogens is 354 g/mol. The lowest BCUT2D eigenvalue weighted by molar-refractivity contribution is 0.468. The predicted octanol–water partition coefficient (Wildman–Crippen LogP) is 3.58. The maximum atomic E-state index is 4.53. The van der Waals surface area contributed by atoms with Gasteiger partial charge in [0.05, 0.1) is 5.69 Å². The van der Waals surface area contributed by atoms with Crippen molar-refractivity contribution in [1.82, 2.24) is 20.0 Å². The third-order valence-electron chi connectivity index (χ3n) is 4.96. The number of nitrogens with one attached hydrogen (secondary N) is 1. The van der Waals surface area contributed by atoms with Crippen LogP contribution in [0.3, 0.4) is 0 Å². The SMILES string of the molecule is CN=C(NCCCn1nc(C)cc1C)N1CCC(CSc2ccccc2)C1. The molecule has 0 spiro atoms. The molecule has 2 aromatic rings. The molecule has 146 valence electrons. The number of hydrogen-bond acceptors (Lipinski definition) is 3. The normalized spacial score (nSPS) is 17.5. The molecule has 1 aromatic heterocycles. The molecule has 6 heteroatoms. The highest BCUT2D eigenvalue weighted by Crippen LogP contribution is 2.25. The summed E-state index contributed by atoms with van der Waals surface area (Å²) in [5.41, 5.74) is 2.32. The Morgan fingerprint density at radius 3 is 2.81 bits per heavy atom. The van der Waals surface area contributed by atoms with Crippen LogP contribution in [-0.4, -0.2) is 53.1 Å². The maximum absolute atomic E-state index is 4.53. The van der Waals surface area contributed by atoms with Gasteiger partial charge in [-0.15, -0.1) is 11.8 Å². The van der Waals surface area contributed by atoms with Gasteiger partial charge >= 0.3 is 0 Å². The minimum atomic E-state index is 0.725. The lowest BCUT2D eigenvalue weighted by Crippen LogP contribution is -2.40. The predicted molar refractivity (Wildman–Crippen MR) is 115 cm³/mol. The summed E-state index contributed by atoms with van der Waals surface area (Å²) in [7, 11) is 1.88. The van der Waals surface area contributed by atoms with Crippen LogP contribution in [0, 0.1) is 19.8 Å². The Morgan fingerprint density at radius 1 is 1.30 bits per heavy atom. The first-order valence-electron chi connectivity index (χ1n) is 9.80. The number of likely N-dealkylation sites (tertiary alicyclic amines) is 1. The van der Waals surface area contributed by atoms with Crippen LogP contribution in [0.15, 0.2) is 46.3 Å². The van der Waals surface area contributed by atoms with E-state index in [1.807, 2.05) is 25.7 Å². The Kier molecular flexibility index (Phi) is 7.21. The van der Waals surface area contributed by atoms with E-state index >= 15 is 0 Å². The van der Waals surface area contributed by atoms with Crippen molar-refractivity contribution in [2.75, 3.05) is 32.4 Å². The van der Waals surface area contributed by atoms with E-state index in [2.05, 4.69) is 68.3 Å². The molecule has 1 saturated heterocycles. The molecule has 1 fully saturated rings. The average Bonchev–Trinajstić information content (AvgIpc) is 3.27. The second kappa shape index (κ2) is 9.83. The molecule has 0 amide bonds. The van der Waals surface area contributed by atoms with Gasteiger partial charge in [-0.25, -0.2) is 0 Å². The number of benzene rings is 1. The van der Waals surface area contributed by atoms with Crippen molar-refractivity contribution in [3.63, 3.8) is 0 Å². The Labute approximate surface area is 167 Å². The van der Waals surface area contributed by atoms with Crippen LogP contribution in [0.4, 0.5) is 0 Å². The van der Waals surface area contributed by atoms with Crippen LogP contribution in [0.25, 0.3) is 0 Å². The summed E-state index contributed by atoms with van der Waals surface area (Å²) < 4.78 is 2.09. The Morgan fingerprint density at radius 2 is 2.11 bits per heavy atom. The highest BCUT2D eigenvalue weighted by atomic mass is 32.2. The molecule has 1 unspecified atom stereocenters. The third kappa shape index (κ3) is 5.76. The van der Waals surface area contributed by atoms with Crippen LogP contribution in [0.2, 0.25) is 0 Å². The standard InChI is InChI=1S/C21H31N5S/c1-17-14-18(2)26(24-17)12-7-11-23-21(22-3)25-13-10-19(15-25)16-27-20-8-5-4-6-9-20/h4-6,8-9,14,19H,7,10-13,15-16H2,1-3H3,(H,22,23). The zero-order valence-corrected chi connectivity index (χ0v) is 17.5. The van der Waals surface area contributed by atoms with Crippen molar-refractivity contribution in [3.05, 3.63) is 47.8 Å². The highest BCUT2D eigenvalue weighted by Gasteiger charge is 2.24. The van der Waals surface area contributed by atoms with Crippen LogP contribution < -0.4 is 5.32 Å². The molecule has 1 N–H and O–H groups in total. The minimum Gasteiger partial charge on any atom is -0.356 e. The second-order valence-corrected chi connectivity index (χ2v) is 8.30. The Bertz CT molecular complexity index is 740. The molecule has 3 rings (SSSR count). The van der Waals surface area contributed by atoms with Crippen LogP contribution in [0.5, 0.6) is 0 Å². The summed E-state index contributed by atoms with van der Waals surface area (Å²) in [6, 6.07) is 12.8. The summed E-state index contributed by atoms with van der Waals surface area (Å²) in [5.74, 6) is 2.94. The summed E-state index contributed by atoms with van der Waals surface area (Å²) in [5, 5.41) is 8.06.